The van der Waals surface area contributed by atoms with Crippen molar-refractivity contribution in [2.45, 2.75) is 12.0 Å². The van der Waals surface area contributed by atoms with Crippen LogP contribution < -0.4 is 10.6 Å². The first-order valence-corrected chi connectivity index (χ1v) is 11.3. The molecule has 2 N–H and O–H groups in total. The average molecular weight is 487 g/mol. The van der Waals surface area contributed by atoms with E-state index in [4.69, 9.17) is 16.3 Å². The van der Waals surface area contributed by atoms with Crippen molar-refractivity contribution in [3.05, 3.63) is 83.0 Å². The van der Waals surface area contributed by atoms with Gasteiger partial charge >= 0.3 is 6.03 Å². The molecule has 0 spiro atoms. The van der Waals surface area contributed by atoms with E-state index < -0.39 is 17.7 Å². The van der Waals surface area contributed by atoms with Crippen LogP contribution >= 0.6 is 11.6 Å². The van der Waals surface area contributed by atoms with Crippen LogP contribution in [0.3, 0.4) is 0 Å². The van der Waals surface area contributed by atoms with Crippen molar-refractivity contribution in [1.82, 2.24) is 15.2 Å². The summed E-state index contributed by atoms with van der Waals surface area (Å²) in [5.41, 5.74) is 2.49. The summed E-state index contributed by atoms with van der Waals surface area (Å²) in [6.45, 7) is 2.32. The number of anilines is 1. The molecular formula is C25H25ClF2N4O2. The molecule has 4 rings (SSSR count). The van der Waals surface area contributed by atoms with Gasteiger partial charge in [-0.05, 0) is 29.8 Å². The van der Waals surface area contributed by atoms with Crippen molar-refractivity contribution >= 4 is 23.3 Å². The zero-order valence-corrected chi connectivity index (χ0v) is 19.4. The first-order valence-electron chi connectivity index (χ1n) is 10.9. The molecular weight excluding hydrogens is 462 g/mol. The molecule has 2 amide bonds. The Labute approximate surface area is 201 Å². The summed E-state index contributed by atoms with van der Waals surface area (Å²) in [5.74, 6) is -2.02. The number of pyridine rings is 1. The topological polar surface area (TPSA) is 66.5 Å². The Morgan fingerprint density at radius 1 is 1.12 bits per heavy atom. The lowest BCUT2D eigenvalue weighted by Gasteiger charge is -2.21. The summed E-state index contributed by atoms with van der Waals surface area (Å²) in [6.07, 6.45) is 0. The second-order valence-corrected chi connectivity index (χ2v) is 8.52. The molecule has 2 aromatic carbocycles. The summed E-state index contributed by atoms with van der Waals surface area (Å²) in [7, 11) is 1.62. The number of urea groups is 1. The third-order valence-corrected chi connectivity index (χ3v) is 6.06. The number of carbonyl (C=O) groups is 1. The fourth-order valence-corrected chi connectivity index (χ4v) is 4.34. The normalized spacial score (nSPS) is 18.1. The van der Waals surface area contributed by atoms with E-state index in [1.54, 1.807) is 25.3 Å². The summed E-state index contributed by atoms with van der Waals surface area (Å²) >= 11 is 6.10. The SMILES string of the molecule is COCCN1C[C@@H](NC(=O)Nc2ccc(Cl)nc2-c2ccccc2)[C@H](c2ccc(F)c(F)c2)C1. The summed E-state index contributed by atoms with van der Waals surface area (Å²) in [4.78, 5) is 19.5. The molecule has 9 heteroatoms. The van der Waals surface area contributed by atoms with Crippen LogP contribution in [0.15, 0.2) is 60.7 Å². The lowest BCUT2D eigenvalue weighted by Crippen LogP contribution is -2.42. The van der Waals surface area contributed by atoms with E-state index in [2.05, 4.69) is 20.5 Å². The van der Waals surface area contributed by atoms with E-state index in [0.29, 0.717) is 48.3 Å². The molecule has 178 valence electrons. The van der Waals surface area contributed by atoms with Crippen molar-refractivity contribution < 1.29 is 18.3 Å². The molecule has 2 heterocycles. The number of methoxy groups -OCH3 is 1. The molecule has 34 heavy (non-hydrogen) atoms. The quantitative estimate of drug-likeness (QED) is 0.465. The molecule has 3 aromatic rings. The number of amides is 2. The number of nitrogens with one attached hydrogen (secondary N) is 2. The van der Waals surface area contributed by atoms with Crippen LogP contribution in [0.5, 0.6) is 0 Å². The maximum Gasteiger partial charge on any atom is 0.319 e. The van der Waals surface area contributed by atoms with Gasteiger partial charge in [0.05, 0.1) is 24.0 Å². The number of aromatic nitrogens is 1. The van der Waals surface area contributed by atoms with Crippen LogP contribution in [0.25, 0.3) is 11.3 Å². The third kappa shape index (κ3) is 5.70. The number of likely N-dealkylation sites (tertiary alicyclic amines) is 1. The second-order valence-electron chi connectivity index (χ2n) is 8.13. The van der Waals surface area contributed by atoms with Crippen molar-refractivity contribution in [3.8, 4) is 11.3 Å². The molecule has 0 bridgehead atoms. The predicted octanol–water partition coefficient (Wildman–Crippen LogP) is 4.92. The molecule has 0 aliphatic carbocycles. The number of halogens is 3. The van der Waals surface area contributed by atoms with E-state index in [-0.39, 0.29) is 12.0 Å². The van der Waals surface area contributed by atoms with Gasteiger partial charge in [0.1, 0.15) is 5.15 Å². The van der Waals surface area contributed by atoms with Crippen molar-refractivity contribution in [2.24, 2.45) is 0 Å². The van der Waals surface area contributed by atoms with Crippen LogP contribution in [0, 0.1) is 11.6 Å². The van der Waals surface area contributed by atoms with Gasteiger partial charge in [-0.25, -0.2) is 18.6 Å². The largest absolute Gasteiger partial charge is 0.383 e. The molecule has 1 saturated heterocycles. The Morgan fingerprint density at radius 2 is 1.91 bits per heavy atom. The molecule has 1 aliphatic rings. The Bertz CT molecular complexity index is 1150. The van der Waals surface area contributed by atoms with Crippen LogP contribution in [0.2, 0.25) is 5.15 Å². The van der Waals surface area contributed by atoms with E-state index >= 15 is 0 Å². The highest BCUT2D eigenvalue weighted by Gasteiger charge is 2.35. The maximum atomic E-state index is 13.9. The van der Waals surface area contributed by atoms with Gasteiger partial charge in [-0.2, -0.15) is 0 Å². The Balaban J connectivity index is 1.53. The van der Waals surface area contributed by atoms with Gasteiger partial charge in [-0.15, -0.1) is 0 Å². The first-order chi connectivity index (χ1) is 16.4. The smallest absolute Gasteiger partial charge is 0.319 e. The zero-order chi connectivity index (χ0) is 24.1. The molecule has 2 atom stereocenters. The number of carbonyl (C=O) groups excluding carboxylic acids is 1. The van der Waals surface area contributed by atoms with Crippen LogP contribution in [0.4, 0.5) is 19.3 Å². The Morgan fingerprint density at radius 3 is 2.65 bits per heavy atom. The van der Waals surface area contributed by atoms with Crippen molar-refractivity contribution in [3.63, 3.8) is 0 Å². The number of benzene rings is 2. The number of rotatable bonds is 7. The highest BCUT2D eigenvalue weighted by molar-refractivity contribution is 6.29. The average Bonchev–Trinajstić information content (AvgIpc) is 3.23. The van der Waals surface area contributed by atoms with E-state index in [9.17, 15) is 13.6 Å². The predicted molar refractivity (Wildman–Crippen MR) is 128 cm³/mol. The molecule has 1 aromatic heterocycles. The monoisotopic (exact) mass is 486 g/mol. The van der Waals surface area contributed by atoms with Crippen LogP contribution in [-0.4, -0.2) is 55.3 Å². The molecule has 1 fully saturated rings. The minimum Gasteiger partial charge on any atom is -0.383 e. The molecule has 0 saturated carbocycles. The Hall–Kier alpha value is -3.07. The summed E-state index contributed by atoms with van der Waals surface area (Å²) < 4.78 is 32.6. The number of ether oxygens (including phenoxy) is 1. The lowest BCUT2D eigenvalue weighted by atomic mass is 9.94. The van der Waals surface area contributed by atoms with Gasteiger partial charge in [-0.3, -0.25) is 4.90 Å². The fraction of sp³-hybridized carbons (Fsp3) is 0.280. The summed E-state index contributed by atoms with van der Waals surface area (Å²) in [5, 5.41) is 6.18. The van der Waals surface area contributed by atoms with Gasteiger partial charge in [0, 0.05) is 38.2 Å². The third-order valence-electron chi connectivity index (χ3n) is 5.85. The van der Waals surface area contributed by atoms with Crippen LogP contribution in [0.1, 0.15) is 11.5 Å². The van der Waals surface area contributed by atoms with Crippen molar-refractivity contribution in [2.75, 3.05) is 38.7 Å². The van der Waals surface area contributed by atoms with E-state index in [1.165, 1.54) is 6.07 Å². The highest BCUT2D eigenvalue weighted by Crippen LogP contribution is 2.30. The summed E-state index contributed by atoms with van der Waals surface area (Å²) in [6, 6.07) is 15.8. The van der Waals surface area contributed by atoms with Gasteiger partial charge in [0.25, 0.3) is 0 Å². The van der Waals surface area contributed by atoms with Gasteiger partial charge in [0.15, 0.2) is 11.6 Å². The van der Waals surface area contributed by atoms with Crippen molar-refractivity contribution in [1.29, 1.82) is 0 Å². The molecule has 6 nitrogen and oxygen atoms in total. The standard InChI is InChI=1S/C25H25ClF2N4O2/c1-34-12-11-32-14-18(17-7-8-19(27)20(28)13-17)22(15-32)30-25(33)29-21-9-10-23(26)31-24(21)16-5-3-2-4-6-16/h2-10,13,18,22H,11-12,14-15H2,1H3,(H2,29,30,33)/t18-,22+/m0/s1. The molecule has 1 aliphatic heterocycles. The minimum atomic E-state index is -0.907. The molecule has 0 unspecified atom stereocenters. The van der Waals surface area contributed by atoms with Crippen LogP contribution in [-0.2, 0) is 4.74 Å². The van der Waals surface area contributed by atoms with Gasteiger partial charge in [0.2, 0.25) is 0 Å². The molecule has 0 radical (unpaired) electrons. The van der Waals surface area contributed by atoms with E-state index in [0.717, 1.165) is 11.6 Å². The lowest BCUT2D eigenvalue weighted by molar-refractivity contribution is 0.159. The zero-order valence-electron chi connectivity index (χ0n) is 18.6. The Kier molecular flexibility index (Phi) is 7.72. The number of nitrogens with zero attached hydrogens (tertiary/aromatic N) is 2. The van der Waals surface area contributed by atoms with Gasteiger partial charge in [-0.1, -0.05) is 48.0 Å². The maximum absolute atomic E-state index is 13.9. The highest BCUT2D eigenvalue weighted by atomic mass is 35.5. The van der Waals surface area contributed by atoms with E-state index in [1.807, 2.05) is 30.3 Å². The minimum absolute atomic E-state index is 0.213. The van der Waals surface area contributed by atoms with Gasteiger partial charge < -0.3 is 15.4 Å². The first kappa shape index (κ1) is 24.1. The fourth-order valence-electron chi connectivity index (χ4n) is 4.19. The number of hydrogen-bond donors (Lipinski definition) is 2. The second kappa shape index (κ2) is 10.9. The number of hydrogen-bond acceptors (Lipinski definition) is 4.